The van der Waals surface area contributed by atoms with E-state index < -0.39 is 0 Å². The van der Waals surface area contributed by atoms with Crippen molar-refractivity contribution >= 4 is 22.5 Å². The first kappa shape index (κ1) is 19.2. The molecule has 3 rings (SSSR count). The topological polar surface area (TPSA) is 76.0 Å². The van der Waals surface area contributed by atoms with E-state index in [-0.39, 0.29) is 18.0 Å². The molecule has 3 aromatic rings. The van der Waals surface area contributed by atoms with Gasteiger partial charge in [-0.05, 0) is 26.9 Å². The summed E-state index contributed by atoms with van der Waals surface area (Å²) >= 11 is 0. The highest BCUT2D eigenvalue weighted by atomic mass is 16.3. The fourth-order valence-electron chi connectivity index (χ4n) is 3.42. The van der Waals surface area contributed by atoms with Gasteiger partial charge in [0.25, 0.3) is 5.56 Å². The van der Waals surface area contributed by atoms with Crippen molar-refractivity contribution in [2.45, 2.75) is 34.2 Å². The molecule has 1 amide bonds. The standard InChI is InChI=1S/C19H27N5O3/c1-5-21(6-2)9-10-22(7-3)18(25)13-23-19(26)16-12-17-15(8-11-27-17)24(16)14(4)20-23/h8,11-12H,5-7,9-10,13H2,1-4H3. The second-order valence-electron chi connectivity index (χ2n) is 6.55. The number of furan rings is 1. The summed E-state index contributed by atoms with van der Waals surface area (Å²) in [6.45, 7) is 11.9. The van der Waals surface area contributed by atoms with Crippen molar-refractivity contribution in [3.63, 3.8) is 0 Å². The maximum absolute atomic E-state index is 12.8. The molecule has 0 aliphatic carbocycles. The highest BCUT2D eigenvalue weighted by Crippen LogP contribution is 2.19. The van der Waals surface area contributed by atoms with Gasteiger partial charge in [-0.1, -0.05) is 13.8 Å². The first-order valence-corrected chi connectivity index (χ1v) is 9.46. The Hall–Kier alpha value is -2.61. The summed E-state index contributed by atoms with van der Waals surface area (Å²) in [5.41, 5.74) is 1.62. The number of rotatable bonds is 8. The number of likely N-dealkylation sites (N-methyl/N-ethyl adjacent to an activating group) is 2. The van der Waals surface area contributed by atoms with Gasteiger partial charge in [-0.25, -0.2) is 4.68 Å². The average molecular weight is 373 g/mol. The van der Waals surface area contributed by atoms with Gasteiger partial charge in [0, 0.05) is 31.8 Å². The van der Waals surface area contributed by atoms with Gasteiger partial charge in [-0.3, -0.25) is 14.0 Å². The molecular formula is C19H27N5O3. The van der Waals surface area contributed by atoms with Gasteiger partial charge >= 0.3 is 0 Å². The molecule has 0 aromatic carbocycles. The van der Waals surface area contributed by atoms with E-state index in [0.717, 1.165) is 25.2 Å². The smallest absolute Gasteiger partial charge is 0.291 e. The lowest BCUT2D eigenvalue weighted by molar-refractivity contribution is -0.132. The molecule has 0 bridgehead atoms. The Bertz CT molecular complexity index is 996. The lowest BCUT2D eigenvalue weighted by atomic mass is 10.4. The second kappa shape index (κ2) is 7.96. The summed E-state index contributed by atoms with van der Waals surface area (Å²) in [7, 11) is 0. The van der Waals surface area contributed by atoms with Crippen molar-refractivity contribution in [1.82, 2.24) is 24.0 Å². The number of aryl methyl sites for hydroxylation is 1. The summed E-state index contributed by atoms with van der Waals surface area (Å²) in [5, 5.41) is 4.35. The maximum atomic E-state index is 12.8. The second-order valence-corrected chi connectivity index (χ2v) is 6.55. The number of carbonyl (C=O) groups is 1. The van der Waals surface area contributed by atoms with Crippen LogP contribution in [0.2, 0.25) is 0 Å². The van der Waals surface area contributed by atoms with Crippen LogP contribution in [0.25, 0.3) is 16.6 Å². The third kappa shape index (κ3) is 3.62. The molecule has 0 radical (unpaired) electrons. The molecule has 27 heavy (non-hydrogen) atoms. The van der Waals surface area contributed by atoms with Crippen LogP contribution >= 0.6 is 0 Å². The Balaban J connectivity index is 1.83. The minimum Gasteiger partial charge on any atom is -0.463 e. The van der Waals surface area contributed by atoms with E-state index in [9.17, 15) is 9.59 Å². The average Bonchev–Trinajstić information content (AvgIpc) is 3.24. The minimum atomic E-state index is -0.292. The summed E-state index contributed by atoms with van der Waals surface area (Å²) in [4.78, 5) is 29.6. The van der Waals surface area contributed by atoms with Crippen molar-refractivity contribution in [2.24, 2.45) is 0 Å². The Morgan fingerprint density at radius 3 is 2.56 bits per heavy atom. The van der Waals surface area contributed by atoms with Gasteiger partial charge in [0.05, 0.1) is 11.8 Å². The quantitative estimate of drug-likeness (QED) is 0.601. The van der Waals surface area contributed by atoms with Crippen molar-refractivity contribution in [1.29, 1.82) is 0 Å². The van der Waals surface area contributed by atoms with Gasteiger partial charge in [0.15, 0.2) is 5.58 Å². The molecule has 3 aromatic heterocycles. The monoisotopic (exact) mass is 373 g/mol. The van der Waals surface area contributed by atoms with Crippen LogP contribution < -0.4 is 5.56 Å². The molecule has 0 fully saturated rings. The SMILES string of the molecule is CCN(CC)CCN(CC)C(=O)Cn1nc(C)n2c(cc3occc32)c1=O. The largest absolute Gasteiger partial charge is 0.463 e. The highest BCUT2D eigenvalue weighted by molar-refractivity contribution is 5.82. The van der Waals surface area contributed by atoms with E-state index >= 15 is 0 Å². The summed E-state index contributed by atoms with van der Waals surface area (Å²) in [6.07, 6.45) is 1.58. The van der Waals surface area contributed by atoms with Gasteiger partial charge < -0.3 is 14.2 Å². The molecule has 0 N–H and O–H groups in total. The van der Waals surface area contributed by atoms with E-state index in [1.165, 1.54) is 4.68 Å². The van der Waals surface area contributed by atoms with Crippen LogP contribution in [-0.4, -0.2) is 62.6 Å². The van der Waals surface area contributed by atoms with Crippen molar-refractivity contribution < 1.29 is 9.21 Å². The van der Waals surface area contributed by atoms with Gasteiger partial charge in [0.1, 0.15) is 17.9 Å². The molecule has 0 saturated heterocycles. The van der Waals surface area contributed by atoms with Gasteiger partial charge in [-0.15, -0.1) is 0 Å². The Morgan fingerprint density at radius 1 is 1.15 bits per heavy atom. The zero-order valence-electron chi connectivity index (χ0n) is 16.4. The summed E-state index contributed by atoms with van der Waals surface area (Å²) in [6, 6.07) is 3.50. The summed E-state index contributed by atoms with van der Waals surface area (Å²) < 4.78 is 8.41. The van der Waals surface area contributed by atoms with Crippen LogP contribution in [0.3, 0.4) is 0 Å². The van der Waals surface area contributed by atoms with Crippen molar-refractivity contribution in [3.05, 3.63) is 34.6 Å². The van der Waals surface area contributed by atoms with Crippen LogP contribution in [0.15, 0.2) is 27.6 Å². The normalized spacial score (nSPS) is 11.7. The first-order chi connectivity index (χ1) is 13.0. The molecule has 146 valence electrons. The van der Waals surface area contributed by atoms with Crippen LogP contribution in [0, 0.1) is 6.92 Å². The zero-order chi connectivity index (χ0) is 19.6. The zero-order valence-corrected chi connectivity index (χ0v) is 16.4. The van der Waals surface area contributed by atoms with Gasteiger partial charge in [-0.2, -0.15) is 5.10 Å². The molecule has 0 spiro atoms. The Morgan fingerprint density at radius 2 is 1.89 bits per heavy atom. The number of nitrogens with zero attached hydrogens (tertiary/aromatic N) is 5. The minimum absolute atomic E-state index is 0.0607. The fourth-order valence-corrected chi connectivity index (χ4v) is 3.42. The predicted molar refractivity (Wildman–Crippen MR) is 104 cm³/mol. The Labute approximate surface area is 158 Å². The highest BCUT2D eigenvalue weighted by Gasteiger charge is 2.18. The van der Waals surface area contributed by atoms with Crippen LogP contribution in [0.4, 0.5) is 0 Å². The number of aromatic nitrogens is 3. The van der Waals surface area contributed by atoms with E-state index in [1.54, 1.807) is 27.7 Å². The molecule has 0 saturated carbocycles. The summed E-state index contributed by atoms with van der Waals surface area (Å²) in [5.74, 6) is 0.540. The predicted octanol–water partition coefficient (Wildman–Crippen LogP) is 1.74. The van der Waals surface area contributed by atoms with Gasteiger partial charge in [0.2, 0.25) is 5.91 Å². The molecule has 8 heteroatoms. The molecule has 0 atom stereocenters. The van der Waals surface area contributed by atoms with Crippen molar-refractivity contribution in [2.75, 3.05) is 32.7 Å². The third-order valence-electron chi connectivity index (χ3n) is 5.07. The molecule has 3 heterocycles. The molecule has 8 nitrogen and oxygen atoms in total. The van der Waals surface area contributed by atoms with E-state index in [2.05, 4.69) is 23.8 Å². The Kier molecular flexibility index (Phi) is 5.65. The lowest BCUT2D eigenvalue weighted by Gasteiger charge is -2.25. The first-order valence-electron chi connectivity index (χ1n) is 9.46. The lowest BCUT2D eigenvalue weighted by Crippen LogP contribution is -2.42. The number of amides is 1. The molecule has 0 unspecified atom stereocenters. The molecule has 0 aliphatic rings. The van der Waals surface area contributed by atoms with Crippen LogP contribution in [-0.2, 0) is 11.3 Å². The van der Waals surface area contributed by atoms with E-state index in [4.69, 9.17) is 4.42 Å². The van der Waals surface area contributed by atoms with Crippen LogP contribution in [0.1, 0.15) is 26.6 Å². The number of hydrogen-bond donors (Lipinski definition) is 0. The van der Waals surface area contributed by atoms with Crippen LogP contribution in [0.5, 0.6) is 0 Å². The molecular weight excluding hydrogens is 346 g/mol. The maximum Gasteiger partial charge on any atom is 0.291 e. The third-order valence-corrected chi connectivity index (χ3v) is 5.07. The number of hydrogen-bond acceptors (Lipinski definition) is 5. The van der Waals surface area contributed by atoms with Crippen molar-refractivity contribution in [3.8, 4) is 0 Å². The number of fused-ring (bicyclic) bond motifs is 3. The molecule has 0 aliphatic heterocycles. The number of carbonyl (C=O) groups excluding carboxylic acids is 1. The fraction of sp³-hybridized carbons (Fsp3) is 0.526. The van der Waals surface area contributed by atoms with E-state index in [1.807, 2.05) is 13.8 Å². The van der Waals surface area contributed by atoms with E-state index in [0.29, 0.717) is 30.0 Å².